The summed E-state index contributed by atoms with van der Waals surface area (Å²) >= 11 is 0. The van der Waals surface area contributed by atoms with Gasteiger partial charge in [-0.15, -0.1) is 0 Å². The van der Waals surface area contributed by atoms with Crippen LogP contribution in [0.5, 0.6) is 23.0 Å². The summed E-state index contributed by atoms with van der Waals surface area (Å²) in [5, 5.41) is 2.92. The molecule has 4 aliphatic rings. The van der Waals surface area contributed by atoms with Gasteiger partial charge in [0.05, 0.1) is 38.7 Å². The monoisotopic (exact) mass is 450 g/mol. The van der Waals surface area contributed by atoms with Gasteiger partial charge in [-0.25, -0.2) is 0 Å². The normalized spacial score (nSPS) is 28.2. The number of methoxy groups -OCH3 is 2. The van der Waals surface area contributed by atoms with E-state index >= 15 is 0 Å². The third-order valence-electron chi connectivity index (χ3n) is 6.69. The third kappa shape index (κ3) is 2.96. The van der Waals surface area contributed by atoms with Crippen LogP contribution >= 0.6 is 0 Å². The molecule has 0 unspecified atom stereocenters. The van der Waals surface area contributed by atoms with Crippen molar-refractivity contribution in [1.29, 1.82) is 0 Å². The molecule has 6 rings (SSSR count). The molecule has 0 aliphatic carbocycles. The van der Waals surface area contributed by atoms with Gasteiger partial charge in [0.15, 0.2) is 11.5 Å². The highest BCUT2D eigenvalue weighted by Gasteiger charge is 2.67. The molecule has 1 N–H and O–H groups in total. The van der Waals surface area contributed by atoms with Crippen LogP contribution in [0.3, 0.4) is 0 Å². The van der Waals surface area contributed by atoms with Crippen molar-refractivity contribution in [3.63, 3.8) is 0 Å². The Balaban J connectivity index is 1.28. The highest BCUT2D eigenvalue weighted by atomic mass is 16.7. The number of nitrogens with zero attached hydrogens (tertiary/aromatic N) is 1. The summed E-state index contributed by atoms with van der Waals surface area (Å²) < 4.78 is 27.6. The summed E-state index contributed by atoms with van der Waals surface area (Å²) in [5.41, 5.74) is 0.381. The van der Waals surface area contributed by atoms with Gasteiger partial charge in [-0.1, -0.05) is 12.2 Å². The maximum Gasteiger partial charge on any atom is 0.234 e. The molecular formula is C24H22N2O7. The molecule has 2 aromatic carbocycles. The van der Waals surface area contributed by atoms with Gasteiger partial charge >= 0.3 is 0 Å². The van der Waals surface area contributed by atoms with Gasteiger partial charge in [0, 0.05) is 35.6 Å². The molecule has 170 valence electrons. The number of benzene rings is 2. The maximum absolute atomic E-state index is 13.6. The second-order valence-corrected chi connectivity index (χ2v) is 8.45. The van der Waals surface area contributed by atoms with E-state index in [1.807, 2.05) is 18.2 Å². The molecule has 0 saturated carbocycles. The number of fused-ring (bicyclic) bond motifs is 2. The lowest BCUT2D eigenvalue weighted by Crippen LogP contribution is -2.41. The lowest BCUT2D eigenvalue weighted by molar-refractivity contribution is -0.128. The largest absolute Gasteiger partial charge is 0.497 e. The Bertz CT molecular complexity index is 1170. The molecule has 0 aromatic heterocycles. The molecule has 2 amide bonds. The number of amides is 2. The number of hydrogen-bond donors (Lipinski definition) is 1. The standard InChI is InChI=1S/C24H22N2O7/c1-29-15-7-13(8-16(10-15)30-2)25-22(27)20-18-5-6-24(33-18)11-26(23(28)21(20)24)14-3-4-17-19(9-14)32-12-31-17/h3-10,18,20-21H,11-12H2,1-2H3,(H,25,27)/t18-,20-,21+,24-/m1/s1. The summed E-state index contributed by atoms with van der Waals surface area (Å²) in [7, 11) is 3.08. The summed E-state index contributed by atoms with van der Waals surface area (Å²) in [6.45, 7) is 0.490. The Kier molecular flexibility index (Phi) is 4.31. The molecule has 9 heteroatoms. The molecule has 0 radical (unpaired) electrons. The second kappa shape index (κ2) is 7.14. The fraction of sp³-hybridized carbons (Fsp3) is 0.333. The summed E-state index contributed by atoms with van der Waals surface area (Å²) in [6.07, 6.45) is 3.35. The number of ether oxygens (including phenoxy) is 5. The van der Waals surface area contributed by atoms with Gasteiger partial charge in [-0.2, -0.15) is 0 Å². The second-order valence-electron chi connectivity index (χ2n) is 8.45. The molecule has 9 nitrogen and oxygen atoms in total. The van der Waals surface area contributed by atoms with Crippen LogP contribution in [-0.4, -0.2) is 51.1 Å². The SMILES string of the molecule is COc1cc(NC(=O)[C@H]2[C@H]3C(=O)N(c4ccc5c(c4)OCO5)C[C@]34C=C[C@H]2O4)cc(OC)c1. The van der Waals surface area contributed by atoms with Gasteiger partial charge in [0.25, 0.3) is 0 Å². The third-order valence-corrected chi connectivity index (χ3v) is 6.69. The van der Waals surface area contributed by atoms with Crippen molar-refractivity contribution in [1.82, 2.24) is 0 Å². The average molecular weight is 450 g/mol. The Labute approximate surface area is 189 Å². The summed E-state index contributed by atoms with van der Waals surface area (Å²) in [4.78, 5) is 28.6. The van der Waals surface area contributed by atoms with Crippen LogP contribution in [0.15, 0.2) is 48.6 Å². The minimum Gasteiger partial charge on any atom is -0.497 e. The van der Waals surface area contributed by atoms with Crippen molar-refractivity contribution in [2.75, 3.05) is 37.8 Å². The zero-order chi connectivity index (χ0) is 22.7. The number of nitrogens with one attached hydrogen (secondary N) is 1. The van der Waals surface area contributed by atoms with Gasteiger partial charge < -0.3 is 33.9 Å². The molecular weight excluding hydrogens is 428 g/mol. The molecule has 2 saturated heterocycles. The Morgan fingerprint density at radius 3 is 2.61 bits per heavy atom. The molecule has 2 fully saturated rings. The van der Waals surface area contributed by atoms with Crippen LogP contribution in [0.2, 0.25) is 0 Å². The van der Waals surface area contributed by atoms with E-state index in [9.17, 15) is 9.59 Å². The van der Waals surface area contributed by atoms with E-state index in [0.717, 1.165) is 0 Å². The quantitative estimate of drug-likeness (QED) is 0.699. The van der Waals surface area contributed by atoms with Crippen molar-refractivity contribution in [2.24, 2.45) is 11.8 Å². The lowest BCUT2D eigenvalue weighted by atomic mass is 9.77. The van der Waals surface area contributed by atoms with Crippen molar-refractivity contribution in [3.05, 3.63) is 48.6 Å². The van der Waals surface area contributed by atoms with E-state index in [1.54, 1.807) is 49.5 Å². The fourth-order valence-electron chi connectivity index (χ4n) is 5.17. The molecule has 1 spiro atoms. The number of anilines is 2. The smallest absolute Gasteiger partial charge is 0.234 e. The first-order valence-corrected chi connectivity index (χ1v) is 10.6. The van der Waals surface area contributed by atoms with E-state index in [1.165, 1.54) is 0 Å². The zero-order valence-electron chi connectivity index (χ0n) is 18.1. The number of hydrogen-bond acceptors (Lipinski definition) is 7. The van der Waals surface area contributed by atoms with Crippen LogP contribution in [-0.2, 0) is 14.3 Å². The van der Waals surface area contributed by atoms with Gasteiger partial charge in [0.1, 0.15) is 17.1 Å². The average Bonchev–Trinajstić information content (AvgIpc) is 3.58. The van der Waals surface area contributed by atoms with E-state index in [-0.39, 0.29) is 18.6 Å². The van der Waals surface area contributed by atoms with Crippen LogP contribution in [0, 0.1) is 11.8 Å². The minimum absolute atomic E-state index is 0.149. The number of carbonyl (C=O) groups is 2. The van der Waals surface area contributed by atoms with E-state index in [0.29, 0.717) is 40.9 Å². The van der Waals surface area contributed by atoms with Crippen molar-refractivity contribution in [2.45, 2.75) is 11.7 Å². The first-order chi connectivity index (χ1) is 16.0. The summed E-state index contributed by atoms with van der Waals surface area (Å²) in [5.74, 6) is 0.636. The van der Waals surface area contributed by atoms with E-state index in [2.05, 4.69) is 5.32 Å². The predicted octanol–water partition coefficient (Wildman–Crippen LogP) is 2.36. The maximum atomic E-state index is 13.6. The minimum atomic E-state index is -0.827. The first-order valence-electron chi connectivity index (χ1n) is 10.6. The molecule has 2 aromatic rings. The Hall–Kier alpha value is -3.72. The number of carbonyl (C=O) groups excluding carboxylic acids is 2. The van der Waals surface area contributed by atoms with Gasteiger partial charge in [-0.3, -0.25) is 9.59 Å². The molecule has 4 aliphatic heterocycles. The molecule has 4 heterocycles. The zero-order valence-corrected chi connectivity index (χ0v) is 18.1. The van der Waals surface area contributed by atoms with Gasteiger partial charge in [-0.05, 0) is 12.1 Å². The van der Waals surface area contributed by atoms with E-state index in [4.69, 9.17) is 23.7 Å². The van der Waals surface area contributed by atoms with E-state index < -0.39 is 23.5 Å². The van der Waals surface area contributed by atoms with Crippen molar-refractivity contribution in [3.8, 4) is 23.0 Å². The first kappa shape index (κ1) is 19.9. The topological polar surface area (TPSA) is 95.6 Å². The van der Waals surface area contributed by atoms with Gasteiger partial charge in [0.2, 0.25) is 18.6 Å². The van der Waals surface area contributed by atoms with Crippen LogP contribution in [0.25, 0.3) is 0 Å². The van der Waals surface area contributed by atoms with Crippen molar-refractivity contribution >= 4 is 23.2 Å². The molecule has 4 atom stereocenters. The van der Waals surface area contributed by atoms with Crippen molar-refractivity contribution < 1.29 is 33.3 Å². The lowest BCUT2D eigenvalue weighted by Gasteiger charge is -2.23. The van der Waals surface area contributed by atoms with Crippen LogP contribution in [0.4, 0.5) is 11.4 Å². The Morgan fingerprint density at radius 1 is 1.09 bits per heavy atom. The number of rotatable bonds is 5. The highest BCUT2D eigenvalue weighted by Crippen LogP contribution is 2.53. The molecule has 2 bridgehead atoms. The fourth-order valence-corrected chi connectivity index (χ4v) is 5.17. The Morgan fingerprint density at radius 2 is 1.85 bits per heavy atom. The molecule has 33 heavy (non-hydrogen) atoms. The summed E-state index contributed by atoms with van der Waals surface area (Å²) in [6, 6.07) is 10.5. The predicted molar refractivity (Wildman–Crippen MR) is 117 cm³/mol. The highest BCUT2D eigenvalue weighted by molar-refractivity contribution is 6.05. The van der Waals surface area contributed by atoms with Crippen LogP contribution in [0.1, 0.15) is 0 Å². The van der Waals surface area contributed by atoms with Crippen LogP contribution < -0.4 is 29.2 Å².